The predicted molar refractivity (Wildman–Crippen MR) is 51.8 cm³/mol. The number of ketones is 1. The van der Waals surface area contributed by atoms with E-state index in [0.717, 1.165) is 16.5 Å². The molecule has 1 aromatic carbocycles. The SMILES string of the molecule is O=C1CCc2c(Br)ccc(Cl)c21. The van der Waals surface area contributed by atoms with Gasteiger partial charge in [-0.1, -0.05) is 27.5 Å². The molecule has 0 aromatic heterocycles. The molecule has 0 spiro atoms. The first-order valence-corrected chi connectivity index (χ1v) is 4.87. The van der Waals surface area contributed by atoms with Gasteiger partial charge in [0, 0.05) is 16.5 Å². The van der Waals surface area contributed by atoms with Crippen LogP contribution in [0.25, 0.3) is 0 Å². The van der Waals surface area contributed by atoms with E-state index in [2.05, 4.69) is 15.9 Å². The third-order valence-corrected chi connectivity index (χ3v) is 3.14. The summed E-state index contributed by atoms with van der Waals surface area (Å²) in [6.45, 7) is 0. The van der Waals surface area contributed by atoms with Crippen LogP contribution < -0.4 is 0 Å². The van der Waals surface area contributed by atoms with E-state index >= 15 is 0 Å². The Morgan fingerprint density at radius 2 is 2.08 bits per heavy atom. The van der Waals surface area contributed by atoms with Crippen molar-refractivity contribution in [1.29, 1.82) is 0 Å². The maximum atomic E-state index is 11.3. The van der Waals surface area contributed by atoms with Gasteiger partial charge in [0.15, 0.2) is 5.78 Å². The van der Waals surface area contributed by atoms with Crippen molar-refractivity contribution >= 4 is 33.3 Å². The topological polar surface area (TPSA) is 17.1 Å². The van der Waals surface area contributed by atoms with E-state index in [4.69, 9.17) is 11.6 Å². The van der Waals surface area contributed by atoms with Crippen LogP contribution in [0.1, 0.15) is 22.3 Å². The Hall–Kier alpha value is -0.340. The number of Topliss-reactive ketones (excluding diaryl/α,β-unsaturated/α-hetero) is 1. The predicted octanol–water partition coefficient (Wildman–Crippen LogP) is 3.23. The summed E-state index contributed by atoms with van der Waals surface area (Å²) in [6, 6.07) is 3.65. The third-order valence-electron chi connectivity index (χ3n) is 2.09. The number of rotatable bonds is 0. The highest BCUT2D eigenvalue weighted by atomic mass is 79.9. The van der Waals surface area contributed by atoms with Crippen molar-refractivity contribution in [1.82, 2.24) is 0 Å². The first kappa shape index (κ1) is 8.27. The lowest BCUT2D eigenvalue weighted by Crippen LogP contribution is -1.92. The normalized spacial score (nSPS) is 15.0. The Morgan fingerprint density at radius 3 is 2.75 bits per heavy atom. The van der Waals surface area contributed by atoms with E-state index in [1.54, 1.807) is 6.07 Å². The molecule has 0 aliphatic heterocycles. The third kappa shape index (κ3) is 1.10. The second kappa shape index (κ2) is 2.86. The second-order valence-corrected chi connectivity index (χ2v) is 4.07. The minimum absolute atomic E-state index is 0.163. The Labute approximate surface area is 83.9 Å². The summed E-state index contributed by atoms with van der Waals surface area (Å²) in [5.74, 6) is 0.163. The number of carbonyl (C=O) groups excluding carboxylic acids is 1. The molecule has 0 N–H and O–H groups in total. The lowest BCUT2D eigenvalue weighted by molar-refractivity contribution is 0.0994. The Bertz CT molecular complexity index is 360. The summed E-state index contributed by atoms with van der Waals surface area (Å²) in [6.07, 6.45) is 1.41. The van der Waals surface area contributed by atoms with E-state index in [9.17, 15) is 4.79 Å². The van der Waals surface area contributed by atoms with Crippen LogP contribution in [0.15, 0.2) is 16.6 Å². The van der Waals surface area contributed by atoms with E-state index in [1.807, 2.05) is 6.07 Å². The summed E-state index contributed by atoms with van der Waals surface area (Å²) in [7, 11) is 0. The number of halogens is 2. The highest BCUT2D eigenvalue weighted by molar-refractivity contribution is 9.10. The number of fused-ring (bicyclic) bond motifs is 1. The number of carbonyl (C=O) groups is 1. The highest BCUT2D eigenvalue weighted by Crippen LogP contribution is 2.33. The zero-order valence-corrected chi connectivity index (χ0v) is 8.58. The molecule has 0 amide bonds. The van der Waals surface area contributed by atoms with Gasteiger partial charge in [-0.25, -0.2) is 0 Å². The number of hydrogen-bond donors (Lipinski definition) is 0. The monoisotopic (exact) mass is 244 g/mol. The minimum atomic E-state index is 0.163. The molecule has 0 radical (unpaired) electrons. The van der Waals surface area contributed by atoms with Crippen LogP contribution in [-0.4, -0.2) is 5.78 Å². The second-order valence-electron chi connectivity index (χ2n) is 2.81. The largest absolute Gasteiger partial charge is 0.294 e. The van der Waals surface area contributed by atoms with Crippen molar-refractivity contribution in [2.45, 2.75) is 12.8 Å². The van der Waals surface area contributed by atoms with Crippen molar-refractivity contribution in [2.24, 2.45) is 0 Å². The van der Waals surface area contributed by atoms with Gasteiger partial charge in [0.25, 0.3) is 0 Å². The molecule has 1 nitrogen and oxygen atoms in total. The van der Waals surface area contributed by atoms with E-state index < -0.39 is 0 Å². The lowest BCUT2D eigenvalue weighted by atomic mass is 10.1. The van der Waals surface area contributed by atoms with Gasteiger partial charge in [0.1, 0.15) is 0 Å². The molecule has 62 valence electrons. The molecule has 1 aliphatic carbocycles. The van der Waals surface area contributed by atoms with E-state index in [0.29, 0.717) is 17.0 Å². The first-order chi connectivity index (χ1) is 5.70. The Kier molecular flexibility index (Phi) is 1.97. The molecule has 0 unspecified atom stereocenters. The summed E-state index contributed by atoms with van der Waals surface area (Å²) in [5, 5.41) is 0.579. The van der Waals surface area contributed by atoms with Crippen LogP contribution in [-0.2, 0) is 6.42 Å². The molecule has 1 aromatic rings. The van der Waals surface area contributed by atoms with Crippen LogP contribution in [0, 0.1) is 0 Å². The molecule has 3 heteroatoms. The van der Waals surface area contributed by atoms with Gasteiger partial charge >= 0.3 is 0 Å². The van der Waals surface area contributed by atoms with Crippen molar-refractivity contribution in [3.05, 3.63) is 32.8 Å². The van der Waals surface area contributed by atoms with Crippen molar-refractivity contribution in [2.75, 3.05) is 0 Å². The molecular formula is C9H6BrClO. The molecule has 0 heterocycles. The maximum Gasteiger partial charge on any atom is 0.165 e. The van der Waals surface area contributed by atoms with Gasteiger partial charge in [-0.3, -0.25) is 4.79 Å². The van der Waals surface area contributed by atoms with Gasteiger partial charge in [0.05, 0.1) is 5.02 Å². The number of hydrogen-bond acceptors (Lipinski definition) is 1. The molecule has 2 rings (SSSR count). The molecule has 0 saturated carbocycles. The summed E-state index contributed by atoms with van der Waals surface area (Å²) in [4.78, 5) is 11.3. The fourth-order valence-corrected chi connectivity index (χ4v) is 2.31. The molecule has 0 bridgehead atoms. The fraction of sp³-hybridized carbons (Fsp3) is 0.222. The molecule has 0 atom stereocenters. The Balaban J connectivity index is 2.72. The zero-order valence-electron chi connectivity index (χ0n) is 6.23. The van der Waals surface area contributed by atoms with Gasteiger partial charge in [-0.05, 0) is 24.1 Å². The maximum absolute atomic E-state index is 11.3. The van der Waals surface area contributed by atoms with Crippen molar-refractivity contribution in [3.8, 4) is 0 Å². The van der Waals surface area contributed by atoms with E-state index in [1.165, 1.54) is 0 Å². The molecule has 1 aliphatic rings. The lowest BCUT2D eigenvalue weighted by Gasteiger charge is -2.01. The fourth-order valence-electron chi connectivity index (χ4n) is 1.50. The van der Waals surface area contributed by atoms with E-state index in [-0.39, 0.29) is 5.78 Å². The van der Waals surface area contributed by atoms with Gasteiger partial charge in [-0.2, -0.15) is 0 Å². The molecular weight excluding hydrogens is 239 g/mol. The Morgan fingerprint density at radius 1 is 1.33 bits per heavy atom. The quantitative estimate of drug-likeness (QED) is 0.686. The first-order valence-electron chi connectivity index (χ1n) is 3.70. The average molecular weight is 246 g/mol. The van der Waals surface area contributed by atoms with Crippen LogP contribution in [0.4, 0.5) is 0 Å². The number of benzene rings is 1. The molecule has 0 saturated heterocycles. The highest BCUT2D eigenvalue weighted by Gasteiger charge is 2.23. The van der Waals surface area contributed by atoms with Gasteiger partial charge in [-0.15, -0.1) is 0 Å². The van der Waals surface area contributed by atoms with Crippen LogP contribution in [0.5, 0.6) is 0 Å². The van der Waals surface area contributed by atoms with Gasteiger partial charge in [0.2, 0.25) is 0 Å². The minimum Gasteiger partial charge on any atom is -0.294 e. The van der Waals surface area contributed by atoms with Crippen LogP contribution in [0.2, 0.25) is 5.02 Å². The van der Waals surface area contributed by atoms with Crippen molar-refractivity contribution < 1.29 is 4.79 Å². The summed E-state index contributed by atoms with van der Waals surface area (Å²) >= 11 is 9.29. The summed E-state index contributed by atoms with van der Waals surface area (Å²) < 4.78 is 0.993. The smallest absolute Gasteiger partial charge is 0.165 e. The standard InChI is InChI=1S/C9H6BrClO/c10-6-2-3-7(11)9-5(6)1-4-8(9)12/h2-3H,1,4H2. The van der Waals surface area contributed by atoms with Crippen LogP contribution in [0.3, 0.4) is 0 Å². The molecule has 12 heavy (non-hydrogen) atoms. The van der Waals surface area contributed by atoms with Crippen LogP contribution >= 0.6 is 27.5 Å². The molecule has 0 fully saturated rings. The van der Waals surface area contributed by atoms with Gasteiger partial charge < -0.3 is 0 Å². The summed E-state index contributed by atoms with van der Waals surface area (Å²) in [5.41, 5.74) is 1.78. The van der Waals surface area contributed by atoms with Crippen molar-refractivity contribution in [3.63, 3.8) is 0 Å². The zero-order chi connectivity index (χ0) is 8.72. The average Bonchev–Trinajstić information content (AvgIpc) is 2.42.